The predicted octanol–water partition coefficient (Wildman–Crippen LogP) is 1.58. The fraction of sp³-hybridized carbons (Fsp3) is 0.625. The molecule has 1 aromatic heterocycles. The summed E-state index contributed by atoms with van der Waals surface area (Å²) < 4.78 is 23.4. The van der Waals surface area contributed by atoms with E-state index in [-0.39, 0.29) is 23.5 Å². The van der Waals surface area contributed by atoms with Crippen molar-refractivity contribution in [2.24, 2.45) is 0 Å². The molecule has 1 aromatic rings. The van der Waals surface area contributed by atoms with E-state index in [1.165, 1.54) is 0 Å². The molecule has 1 aliphatic heterocycles. The molecular weight excluding hydrogens is 314 g/mol. The summed E-state index contributed by atoms with van der Waals surface area (Å²) in [4.78, 5) is 20.8. The van der Waals surface area contributed by atoms with Crippen LogP contribution in [-0.4, -0.2) is 61.4 Å². The number of amides is 1. The van der Waals surface area contributed by atoms with E-state index >= 15 is 0 Å². The van der Waals surface area contributed by atoms with E-state index in [1.54, 1.807) is 17.2 Å². The Balaban J connectivity index is 2.23. The van der Waals surface area contributed by atoms with Gasteiger partial charge in [0.05, 0.1) is 11.5 Å². The molecule has 2 rings (SSSR count). The van der Waals surface area contributed by atoms with Gasteiger partial charge in [-0.2, -0.15) is 0 Å². The third kappa shape index (κ3) is 4.02. The number of hydrogen-bond donors (Lipinski definition) is 0. The molecular formula is C16H25N3O3S. The van der Waals surface area contributed by atoms with Crippen molar-refractivity contribution in [1.29, 1.82) is 0 Å². The molecule has 0 aromatic carbocycles. The summed E-state index contributed by atoms with van der Waals surface area (Å²) in [6.07, 6.45) is 2.15. The minimum absolute atomic E-state index is 0.0579. The molecule has 2 heterocycles. The highest BCUT2D eigenvalue weighted by atomic mass is 32.2. The normalized spacial score (nSPS) is 19.5. The second kappa shape index (κ2) is 7.29. The van der Waals surface area contributed by atoms with Crippen molar-refractivity contribution in [3.05, 3.63) is 24.0 Å². The number of nitrogens with zero attached hydrogens (tertiary/aromatic N) is 3. The zero-order valence-corrected chi connectivity index (χ0v) is 14.8. The van der Waals surface area contributed by atoms with Crippen molar-refractivity contribution < 1.29 is 13.2 Å². The van der Waals surface area contributed by atoms with Gasteiger partial charge in [0.15, 0.2) is 9.84 Å². The first-order valence-corrected chi connectivity index (χ1v) is 9.96. The maximum absolute atomic E-state index is 12.8. The average Bonchev–Trinajstić information content (AvgIpc) is 2.89. The molecule has 0 spiro atoms. The van der Waals surface area contributed by atoms with Crippen molar-refractivity contribution in [3.63, 3.8) is 0 Å². The number of rotatable bonds is 6. The van der Waals surface area contributed by atoms with E-state index in [1.807, 2.05) is 13.0 Å². The first-order valence-electron chi connectivity index (χ1n) is 8.14. The Labute approximate surface area is 138 Å². The van der Waals surface area contributed by atoms with E-state index in [0.29, 0.717) is 18.7 Å². The molecule has 6 nitrogen and oxygen atoms in total. The molecule has 128 valence electrons. The van der Waals surface area contributed by atoms with Crippen molar-refractivity contribution in [2.75, 3.05) is 36.0 Å². The number of carbonyl (C=O) groups excluding carboxylic acids is 1. The van der Waals surface area contributed by atoms with Crippen LogP contribution in [0.3, 0.4) is 0 Å². The van der Waals surface area contributed by atoms with Gasteiger partial charge in [-0.15, -0.1) is 0 Å². The molecule has 0 radical (unpaired) electrons. The van der Waals surface area contributed by atoms with Crippen molar-refractivity contribution in [1.82, 2.24) is 9.88 Å². The number of aromatic nitrogens is 1. The van der Waals surface area contributed by atoms with Crippen LogP contribution < -0.4 is 4.90 Å². The van der Waals surface area contributed by atoms with Crippen LogP contribution in [0.4, 0.5) is 5.69 Å². The first-order chi connectivity index (χ1) is 10.9. The molecule has 0 aliphatic carbocycles. The fourth-order valence-electron chi connectivity index (χ4n) is 3.06. The third-order valence-electron chi connectivity index (χ3n) is 4.34. The van der Waals surface area contributed by atoms with Gasteiger partial charge in [-0.3, -0.25) is 9.78 Å². The molecule has 1 saturated heterocycles. The van der Waals surface area contributed by atoms with Crippen molar-refractivity contribution in [3.8, 4) is 0 Å². The molecule has 0 saturated carbocycles. The second-order valence-electron chi connectivity index (χ2n) is 5.72. The third-order valence-corrected chi connectivity index (χ3v) is 6.09. The Morgan fingerprint density at radius 1 is 1.26 bits per heavy atom. The van der Waals surface area contributed by atoms with Gasteiger partial charge in [0, 0.05) is 37.6 Å². The summed E-state index contributed by atoms with van der Waals surface area (Å²) in [5, 5.41) is 0. The minimum Gasteiger partial charge on any atom is -0.372 e. The Kier molecular flexibility index (Phi) is 5.62. The Hall–Kier alpha value is -1.63. The lowest BCUT2D eigenvalue weighted by Gasteiger charge is -2.27. The molecule has 0 bridgehead atoms. The number of anilines is 1. The van der Waals surface area contributed by atoms with E-state index in [4.69, 9.17) is 0 Å². The van der Waals surface area contributed by atoms with Crippen LogP contribution in [0.25, 0.3) is 0 Å². The molecule has 1 aliphatic rings. The van der Waals surface area contributed by atoms with Gasteiger partial charge < -0.3 is 9.80 Å². The first kappa shape index (κ1) is 17.7. The number of sulfone groups is 1. The van der Waals surface area contributed by atoms with Gasteiger partial charge in [0.25, 0.3) is 5.91 Å². The topological polar surface area (TPSA) is 70.6 Å². The van der Waals surface area contributed by atoms with Crippen molar-refractivity contribution in [2.45, 2.75) is 33.2 Å². The maximum Gasteiger partial charge on any atom is 0.272 e. The highest BCUT2D eigenvalue weighted by Crippen LogP contribution is 2.21. The molecule has 1 fully saturated rings. The van der Waals surface area contributed by atoms with Gasteiger partial charge in [-0.1, -0.05) is 0 Å². The summed E-state index contributed by atoms with van der Waals surface area (Å²) in [6.45, 7) is 8.19. The molecule has 23 heavy (non-hydrogen) atoms. The van der Waals surface area contributed by atoms with Crippen molar-refractivity contribution >= 4 is 21.4 Å². The number of hydrogen-bond acceptors (Lipinski definition) is 5. The summed E-state index contributed by atoms with van der Waals surface area (Å²) in [7, 11) is -3.02. The Morgan fingerprint density at radius 3 is 2.48 bits per heavy atom. The zero-order chi connectivity index (χ0) is 17.0. The van der Waals surface area contributed by atoms with Crippen LogP contribution >= 0.6 is 0 Å². The van der Waals surface area contributed by atoms with Crippen LogP contribution in [0.5, 0.6) is 0 Å². The Bertz CT molecular complexity index is 656. The second-order valence-corrected chi connectivity index (χ2v) is 7.95. The van der Waals surface area contributed by atoms with Crippen LogP contribution in [0, 0.1) is 0 Å². The van der Waals surface area contributed by atoms with E-state index in [9.17, 15) is 13.2 Å². The maximum atomic E-state index is 12.8. The largest absolute Gasteiger partial charge is 0.372 e. The molecule has 0 N–H and O–H groups in total. The lowest BCUT2D eigenvalue weighted by molar-refractivity contribution is 0.0702. The molecule has 1 unspecified atom stereocenters. The summed E-state index contributed by atoms with van der Waals surface area (Å²) in [5.74, 6) is 0.0278. The van der Waals surface area contributed by atoms with Gasteiger partial charge in [-0.25, -0.2) is 8.42 Å². The Morgan fingerprint density at radius 2 is 1.96 bits per heavy atom. The van der Waals surface area contributed by atoms with Crippen LogP contribution in [-0.2, 0) is 9.84 Å². The van der Waals surface area contributed by atoms with Crippen LogP contribution in [0.2, 0.25) is 0 Å². The van der Waals surface area contributed by atoms with E-state index in [0.717, 1.165) is 18.8 Å². The molecule has 1 amide bonds. The minimum atomic E-state index is -3.02. The molecule has 1 atom stereocenters. The smallest absolute Gasteiger partial charge is 0.272 e. The molecule has 7 heteroatoms. The predicted molar refractivity (Wildman–Crippen MR) is 91.6 cm³/mol. The van der Waals surface area contributed by atoms with E-state index < -0.39 is 9.84 Å². The zero-order valence-electron chi connectivity index (χ0n) is 14.0. The lowest BCUT2D eigenvalue weighted by atomic mass is 10.2. The average molecular weight is 339 g/mol. The standard InChI is InChI=1S/C16H25N3O3S/c1-4-18(5-2)13-7-9-17-15(11-13)16(20)19(6-3)14-8-10-23(21,22)12-14/h7,9,11,14H,4-6,8,10,12H2,1-3H3. The summed E-state index contributed by atoms with van der Waals surface area (Å²) >= 11 is 0. The highest BCUT2D eigenvalue weighted by Gasteiger charge is 2.34. The monoisotopic (exact) mass is 339 g/mol. The van der Waals surface area contributed by atoms with Gasteiger partial charge in [0.1, 0.15) is 5.69 Å². The SMILES string of the molecule is CCN(CC)c1ccnc(C(=O)N(CC)C2CCS(=O)(=O)C2)c1. The summed E-state index contributed by atoms with van der Waals surface area (Å²) in [5.41, 5.74) is 1.34. The van der Waals surface area contributed by atoms with Crippen LogP contribution in [0.1, 0.15) is 37.7 Å². The van der Waals surface area contributed by atoms with Gasteiger partial charge in [0.2, 0.25) is 0 Å². The quantitative estimate of drug-likeness (QED) is 0.787. The van der Waals surface area contributed by atoms with E-state index in [2.05, 4.69) is 23.7 Å². The number of pyridine rings is 1. The van der Waals surface area contributed by atoms with Crippen LogP contribution in [0.15, 0.2) is 18.3 Å². The number of carbonyl (C=O) groups is 1. The summed E-state index contributed by atoms with van der Waals surface area (Å²) in [6, 6.07) is 3.44. The fourth-order valence-corrected chi connectivity index (χ4v) is 4.79. The van der Waals surface area contributed by atoms with Gasteiger partial charge in [-0.05, 0) is 39.3 Å². The highest BCUT2D eigenvalue weighted by molar-refractivity contribution is 7.91. The van der Waals surface area contributed by atoms with Gasteiger partial charge >= 0.3 is 0 Å². The lowest BCUT2D eigenvalue weighted by Crippen LogP contribution is -2.41.